The second kappa shape index (κ2) is 6.33. The summed E-state index contributed by atoms with van der Waals surface area (Å²) in [5, 5.41) is 3.42. The van der Waals surface area contributed by atoms with E-state index in [1.54, 1.807) is 0 Å². The molecule has 0 aliphatic carbocycles. The highest BCUT2D eigenvalue weighted by atomic mass is 32.1. The lowest BCUT2D eigenvalue weighted by Gasteiger charge is -2.16. The summed E-state index contributed by atoms with van der Waals surface area (Å²) >= 11 is 6.91. The average Bonchev–Trinajstić information content (AvgIpc) is 2.74. The van der Waals surface area contributed by atoms with E-state index in [1.807, 2.05) is 30.4 Å². The van der Waals surface area contributed by atoms with Crippen LogP contribution in [0.4, 0.5) is 5.82 Å². The number of pyridine rings is 1. The Morgan fingerprint density at radius 3 is 2.70 bits per heavy atom. The molecular formula is C15H19N3S2. The predicted molar refractivity (Wildman–Crippen MR) is 90.7 cm³/mol. The molecule has 0 radical (unpaired) electrons. The third kappa shape index (κ3) is 3.77. The Labute approximate surface area is 129 Å². The van der Waals surface area contributed by atoms with E-state index >= 15 is 0 Å². The van der Waals surface area contributed by atoms with Gasteiger partial charge in [0.25, 0.3) is 0 Å². The molecule has 2 rings (SSSR count). The number of hydrogen-bond acceptors (Lipinski definition) is 4. The number of hydrogen-bond donors (Lipinski definition) is 2. The van der Waals surface area contributed by atoms with E-state index in [0.717, 1.165) is 23.5 Å². The third-order valence-corrected chi connectivity index (χ3v) is 4.23. The van der Waals surface area contributed by atoms with Crippen LogP contribution in [0.5, 0.6) is 0 Å². The standard InChI is InChI=1S/C15H19N3S2/c1-9-4-7-13(14(16)19)15(17-9)18-10(2)8-12-6-5-11(3)20-12/h4-7,10H,8H2,1-3H3,(H2,16,19)(H,17,18). The van der Waals surface area contributed by atoms with Crippen LogP contribution in [0, 0.1) is 13.8 Å². The maximum Gasteiger partial charge on any atom is 0.136 e. The molecule has 0 aromatic carbocycles. The zero-order valence-corrected chi connectivity index (χ0v) is 13.6. The number of nitrogens with one attached hydrogen (secondary N) is 1. The van der Waals surface area contributed by atoms with Crippen molar-refractivity contribution in [2.45, 2.75) is 33.2 Å². The summed E-state index contributed by atoms with van der Waals surface area (Å²) in [5.74, 6) is 0.776. The fraction of sp³-hybridized carbons (Fsp3) is 0.333. The maximum atomic E-state index is 5.75. The molecule has 5 heteroatoms. The molecule has 0 aliphatic heterocycles. The van der Waals surface area contributed by atoms with Gasteiger partial charge in [0.1, 0.15) is 10.8 Å². The quantitative estimate of drug-likeness (QED) is 0.831. The molecule has 0 saturated carbocycles. The molecule has 2 aromatic rings. The Morgan fingerprint density at radius 2 is 2.10 bits per heavy atom. The first kappa shape index (κ1) is 14.9. The largest absolute Gasteiger partial charge is 0.389 e. The topological polar surface area (TPSA) is 50.9 Å². The molecule has 0 fully saturated rings. The first-order chi connectivity index (χ1) is 9.45. The molecule has 3 N–H and O–H groups in total. The van der Waals surface area contributed by atoms with Crippen molar-refractivity contribution in [2.75, 3.05) is 5.32 Å². The van der Waals surface area contributed by atoms with Gasteiger partial charge in [-0.1, -0.05) is 12.2 Å². The number of anilines is 1. The number of nitrogens with two attached hydrogens (primary N) is 1. The van der Waals surface area contributed by atoms with E-state index in [4.69, 9.17) is 18.0 Å². The van der Waals surface area contributed by atoms with Crippen LogP contribution in [0.25, 0.3) is 0 Å². The fourth-order valence-corrected chi connectivity index (χ4v) is 3.23. The number of nitrogens with zero attached hydrogens (tertiary/aromatic N) is 1. The van der Waals surface area contributed by atoms with Gasteiger partial charge in [0.2, 0.25) is 0 Å². The second-order valence-corrected chi connectivity index (χ2v) is 6.79. The molecule has 0 saturated heterocycles. The molecule has 3 nitrogen and oxygen atoms in total. The summed E-state index contributed by atoms with van der Waals surface area (Å²) in [5.41, 5.74) is 7.51. The number of thiocarbonyl (C=S) groups is 1. The monoisotopic (exact) mass is 305 g/mol. The number of aromatic nitrogens is 1. The van der Waals surface area contributed by atoms with Crippen LogP contribution < -0.4 is 11.1 Å². The summed E-state index contributed by atoms with van der Waals surface area (Å²) in [6, 6.07) is 8.45. The predicted octanol–water partition coefficient (Wildman–Crippen LogP) is 3.44. The van der Waals surface area contributed by atoms with Gasteiger partial charge in [-0.05, 0) is 45.0 Å². The molecule has 0 bridgehead atoms. The van der Waals surface area contributed by atoms with Crippen LogP contribution in [0.15, 0.2) is 24.3 Å². The number of aryl methyl sites for hydroxylation is 2. The van der Waals surface area contributed by atoms with Crippen LogP contribution in [0.1, 0.15) is 27.9 Å². The van der Waals surface area contributed by atoms with E-state index < -0.39 is 0 Å². The van der Waals surface area contributed by atoms with E-state index in [-0.39, 0.29) is 6.04 Å². The Balaban J connectivity index is 2.12. The molecule has 2 heterocycles. The van der Waals surface area contributed by atoms with Crippen molar-refractivity contribution >= 4 is 34.4 Å². The molecule has 1 atom stereocenters. The third-order valence-electron chi connectivity index (χ3n) is 2.99. The summed E-state index contributed by atoms with van der Waals surface area (Å²) in [6.45, 7) is 6.23. The Morgan fingerprint density at radius 1 is 1.35 bits per heavy atom. The van der Waals surface area contributed by atoms with E-state index in [2.05, 4.69) is 36.3 Å². The zero-order chi connectivity index (χ0) is 14.7. The van der Waals surface area contributed by atoms with Gasteiger partial charge in [0, 0.05) is 27.9 Å². The fourth-order valence-electron chi connectivity index (χ4n) is 2.05. The molecule has 1 unspecified atom stereocenters. The summed E-state index contributed by atoms with van der Waals surface area (Å²) in [6.07, 6.45) is 0.963. The SMILES string of the molecule is Cc1ccc(C(N)=S)c(NC(C)Cc2ccc(C)s2)n1. The van der Waals surface area contributed by atoms with Crippen molar-refractivity contribution < 1.29 is 0 Å². The van der Waals surface area contributed by atoms with Gasteiger partial charge in [0.15, 0.2) is 0 Å². The highest BCUT2D eigenvalue weighted by Crippen LogP contribution is 2.19. The van der Waals surface area contributed by atoms with E-state index in [1.165, 1.54) is 9.75 Å². The van der Waals surface area contributed by atoms with Crippen LogP contribution >= 0.6 is 23.6 Å². The number of thiophene rings is 1. The van der Waals surface area contributed by atoms with E-state index in [9.17, 15) is 0 Å². The first-order valence-corrected chi connectivity index (χ1v) is 7.77. The maximum absolute atomic E-state index is 5.75. The molecule has 0 amide bonds. The molecule has 0 aliphatic rings. The molecule has 2 aromatic heterocycles. The summed E-state index contributed by atoms with van der Waals surface area (Å²) in [7, 11) is 0. The van der Waals surface area contributed by atoms with Crippen molar-refractivity contribution in [1.29, 1.82) is 0 Å². The van der Waals surface area contributed by atoms with Gasteiger partial charge in [-0.3, -0.25) is 0 Å². The minimum atomic E-state index is 0.274. The van der Waals surface area contributed by atoms with E-state index in [0.29, 0.717) is 4.99 Å². The minimum absolute atomic E-state index is 0.274. The normalized spacial score (nSPS) is 12.2. The van der Waals surface area contributed by atoms with Crippen molar-refractivity contribution in [3.8, 4) is 0 Å². The minimum Gasteiger partial charge on any atom is -0.389 e. The Kier molecular flexibility index (Phi) is 4.73. The molecule has 0 spiro atoms. The Hall–Kier alpha value is -1.46. The highest BCUT2D eigenvalue weighted by molar-refractivity contribution is 7.80. The van der Waals surface area contributed by atoms with Crippen LogP contribution in [-0.2, 0) is 6.42 Å². The van der Waals surface area contributed by atoms with Crippen LogP contribution in [0.3, 0.4) is 0 Å². The second-order valence-electron chi connectivity index (χ2n) is 4.97. The highest BCUT2D eigenvalue weighted by Gasteiger charge is 2.11. The Bertz CT molecular complexity index is 619. The first-order valence-electron chi connectivity index (χ1n) is 6.55. The van der Waals surface area contributed by atoms with Crippen molar-refractivity contribution in [3.63, 3.8) is 0 Å². The van der Waals surface area contributed by atoms with Gasteiger partial charge in [-0.25, -0.2) is 4.98 Å². The average molecular weight is 305 g/mol. The van der Waals surface area contributed by atoms with Gasteiger partial charge in [-0.15, -0.1) is 11.3 Å². The van der Waals surface area contributed by atoms with Crippen LogP contribution in [0.2, 0.25) is 0 Å². The summed E-state index contributed by atoms with van der Waals surface area (Å²) in [4.78, 5) is 7.59. The van der Waals surface area contributed by atoms with Gasteiger partial charge >= 0.3 is 0 Å². The van der Waals surface area contributed by atoms with Gasteiger partial charge in [0.05, 0.1) is 5.56 Å². The lowest BCUT2D eigenvalue weighted by atomic mass is 10.1. The smallest absolute Gasteiger partial charge is 0.136 e. The lowest BCUT2D eigenvalue weighted by molar-refractivity contribution is 0.793. The molecule has 106 valence electrons. The van der Waals surface area contributed by atoms with Gasteiger partial charge in [-0.2, -0.15) is 0 Å². The van der Waals surface area contributed by atoms with Gasteiger partial charge < -0.3 is 11.1 Å². The molecular weight excluding hydrogens is 286 g/mol. The number of rotatable bonds is 5. The summed E-state index contributed by atoms with van der Waals surface area (Å²) < 4.78 is 0. The zero-order valence-electron chi connectivity index (χ0n) is 11.9. The van der Waals surface area contributed by atoms with Crippen LogP contribution in [-0.4, -0.2) is 16.0 Å². The molecule has 20 heavy (non-hydrogen) atoms. The van der Waals surface area contributed by atoms with Crippen molar-refractivity contribution in [1.82, 2.24) is 4.98 Å². The van der Waals surface area contributed by atoms with Crippen molar-refractivity contribution in [3.05, 3.63) is 45.3 Å². The van der Waals surface area contributed by atoms with Crippen molar-refractivity contribution in [2.24, 2.45) is 5.73 Å². The lowest BCUT2D eigenvalue weighted by Crippen LogP contribution is -2.22.